The van der Waals surface area contributed by atoms with E-state index in [1.807, 2.05) is 41.5 Å². The summed E-state index contributed by atoms with van der Waals surface area (Å²) in [6.07, 6.45) is -5.20. The first-order valence-electron chi connectivity index (χ1n) is 17.2. The highest BCUT2D eigenvalue weighted by molar-refractivity contribution is 6.00. The lowest BCUT2D eigenvalue weighted by atomic mass is 9.38. The summed E-state index contributed by atoms with van der Waals surface area (Å²) >= 11 is 0. The minimum atomic E-state index is -1.63. The molecular weight excluding hydrogens is 608 g/mol. The van der Waals surface area contributed by atoms with Gasteiger partial charge in [0, 0.05) is 35.2 Å². The Balaban J connectivity index is 1.35. The molecule has 15 unspecified atom stereocenters. The maximum Gasteiger partial charge on any atom is 0.202 e. The van der Waals surface area contributed by atoms with Crippen molar-refractivity contribution < 1.29 is 54.4 Å². The van der Waals surface area contributed by atoms with Crippen molar-refractivity contribution in [2.45, 2.75) is 136 Å². The van der Waals surface area contributed by atoms with Crippen LogP contribution in [-0.4, -0.2) is 103 Å². The highest BCUT2D eigenvalue weighted by atomic mass is 16.7. The van der Waals surface area contributed by atoms with E-state index in [1.54, 1.807) is 13.0 Å². The molecule has 0 spiro atoms. The van der Waals surface area contributed by atoms with Crippen molar-refractivity contribution in [1.29, 1.82) is 0 Å². The molecule has 0 amide bonds. The molecule has 6 rings (SSSR count). The quantitative estimate of drug-likeness (QED) is 0.236. The molecule has 6 N–H and O–H groups in total. The highest BCUT2D eigenvalue weighted by Gasteiger charge is 2.75. The third-order valence-electron chi connectivity index (χ3n) is 14.0. The van der Waals surface area contributed by atoms with Gasteiger partial charge < -0.3 is 44.8 Å². The zero-order chi connectivity index (χ0) is 34.8. The summed E-state index contributed by atoms with van der Waals surface area (Å²) in [7, 11) is 0. The molecule has 15 atom stereocenters. The lowest BCUT2D eigenvalue weighted by Gasteiger charge is -2.65. The Morgan fingerprint density at radius 2 is 1.62 bits per heavy atom. The molecule has 6 aliphatic rings. The molecule has 0 aromatic rings. The maximum absolute atomic E-state index is 14.8. The van der Waals surface area contributed by atoms with Crippen LogP contribution in [0.25, 0.3) is 0 Å². The van der Waals surface area contributed by atoms with E-state index in [-0.39, 0.29) is 42.2 Å². The first-order valence-corrected chi connectivity index (χ1v) is 17.2. The van der Waals surface area contributed by atoms with Crippen molar-refractivity contribution in [3.8, 4) is 0 Å². The molecule has 1 saturated heterocycles. The number of carbonyl (C=O) groups excluding carboxylic acids is 2. The first kappa shape index (κ1) is 35.1. The van der Waals surface area contributed by atoms with E-state index in [1.165, 1.54) is 0 Å². The van der Waals surface area contributed by atoms with Crippen LogP contribution in [0.1, 0.15) is 81.1 Å². The number of hydrogen-bond acceptors (Lipinski definition) is 11. The van der Waals surface area contributed by atoms with Crippen LogP contribution in [0.15, 0.2) is 23.5 Å². The number of aliphatic hydroxyl groups is 6. The minimum Gasteiger partial charge on any atom is -0.483 e. The summed E-state index contributed by atoms with van der Waals surface area (Å²) in [6, 6.07) is 0. The van der Waals surface area contributed by atoms with Crippen LogP contribution in [-0.2, 0) is 23.8 Å². The minimum absolute atomic E-state index is 0.000146. The average Bonchev–Trinajstić information content (AvgIpc) is 3.40. The Bertz CT molecular complexity index is 1370. The summed E-state index contributed by atoms with van der Waals surface area (Å²) in [5.41, 5.74) is -3.37. The summed E-state index contributed by atoms with van der Waals surface area (Å²) in [5.74, 6) is -0.723. The van der Waals surface area contributed by atoms with E-state index < -0.39 is 88.8 Å². The molecule has 3 saturated carbocycles. The largest absolute Gasteiger partial charge is 0.483 e. The van der Waals surface area contributed by atoms with Gasteiger partial charge in [-0.05, 0) is 48.9 Å². The number of Topliss-reactive ketones (excluding diaryl/α,β-unsaturated/α-hetero) is 1. The van der Waals surface area contributed by atoms with Crippen molar-refractivity contribution in [2.24, 2.45) is 45.3 Å². The number of ketones is 2. The van der Waals surface area contributed by atoms with Gasteiger partial charge in [0.1, 0.15) is 36.0 Å². The summed E-state index contributed by atoms with van der Waals surface area (Å²) in [4.78, 5) is 28.4. The molecule has 11 heteroatoms. The van der Waals surface area contributed by atoms with Crippen LogP contribution < -0.4 is 0 Å². The van der Waals surface area contributed by atoms with Gasteiger partial charge in [-0.3, -0.25) is 9.59 Å². The van der Waals surface area contributed by atoms with Gasteiger partial charge in [0.05, 0.1) is 24.9 Å². The van der Waals surface area contributed by atoms with Crippen molar-refractivity contribution >= 4 is 11.6 Å². The lowest BCUT2D eigenvalue weighted by molar-refractivity contribution is -0.323. The number of rotatable bonds is 5. The molecule has 0 bridgehead atoms. The average molecular weight is 663 g/mol. The fraction of sp³-hybridized carbons (Fsp3) is 0.833. The van der Waals surface area contributed by atoms with Gasteiger partial charge in [0.15, 0.2) is 11.9 Å². The highest BCUT2D eigenvalue weighted by Crippen LogP contribution is 2.74. The molecule has 0 aromatic heterocycles. The van der Waals surface area contributed by atoms with Gasteiger partial charge in [0.25, 0.3) is 0 Å². The molecule has 4 aliphatic carbocycles. The van der Waals surface area contributed by atoms with E-state index >= 15 is 0 Å². The van der Waals surface area contributed by atoms with Crippen LogP contribution >= 0.6 is 0 Å². The zero-order valence-electron chi connectivity index (χ0n) is 28.8. The molecule has 0 aromatic carbocycles. The fourth-order valence-corrected chi connectivity index (χ4v) is 11.1. The third kappa shape index (κ3) is 4.60. The van der Waals surface area contributed by atoms with E-state index in [2.05, 4.69) is 13.0 Å². The Morgan fingerprint density at radius 1 is 0.957 bits per heavy atom. The molecule has 2 aliphatic heterocycles. The van der Waals surface area contributed by atoms with Gasteiger partial charge in [-0.1, -0.05) is 60.1 Å². The van der Waals surface area contributed by atoms with Crippen LogP contribution in [0.3, 0.4) is 0 Å². The van der Waals surface area contributed by atoms with Crippen LogP contribution in [0.5, 0.6) is 0 Å². The topological polar surface area (TPSA) is 183 Å². The molecule has 47 heavy (non-hydrogen) atoms. The van der Waals surface area contributed by atoms with Crippen molar-refractivity contribution in [3.05, 3.63) is 23.5 Å². The van der Waals surface area contributed by atoms with Gasteiger partial charge >= 0.3 is 0 Å². The Morgan fingerprint density at radius 3 is 2.21 bits per heavy atom. The second kappa shape index (κ2) is 11.2. The molecule has 4 fully saturated rings. The van der Waals surface area contributed by atoms with Crippen LogP contribution in [0.2, 0.25) is 0 Å². The van der Waals surface area contributed by atoms with Crippen LogP contribution in [0.4, 0.5) is 0 Å². The molecule has 2 heterocycles. The normalized spacial score (nSPS) is 52.4. The predicted molar refractivity (Wildman–Crippen MR) is 168 cm³/mol. The number of ether oxygens (including phenoxy) is 3. The Labute approximate surface area is 277 Å². The monoisotopic (exact) mass is 662 g/mol. The van der Waals surface area contributed by atoms with E-state index in [0.29, 0.717) is 18.6 Å². The van der Waals surface area contributed by atoms with Gasteiger partial charge in [-0.2, -0.15) is 0 Å². The molecular formula is C36H54O11. The number of fused-ring (bicyclic) bond motifs is 5. The Hall–Kier alpha value is -1.70. The zero-order valence-corrected chi connectivity index (χ0v) is 28.8. The van der Waals surface area contributed by atoms with Crippen molar-refractivity contribution in [2.75, 3.05) is 6.61 Å². The second-order valence-electron chi connectivity index (χ2n) is 17.0. The summed E-state index contributed by atoms with van der Waals surface area (Å²) in [5, 5.41) is 64.5. The standard InChI is InChI=1S/C36H54O11/c1-16(2)20-12-24(39)36(8,47-20)29-19(38)13-33(5)23-10-9-17-18(35(23,7)25(40)14-34(29,33)6)11-21(30(44)32(17,3)4)45-31-28(43)27(42)26(41)22(15-37)46-31/h9,12,16,18-19,21-23,26-31,37-38,41-44H,10-11,13-15H2,1-8H3. The molecule has 264 valence electrons. The molecule has 0 radical (unpaired) electrons. The van der Waals surface area contributed by atoms with E-state index in [9.17, 15) is 40.2 Å². The predicted octanol–water partition coefficient (Wildman–Crippen LogP) is 1.80. The van der Waals surface area contributed by atoms with E-state index in [0.717, 1.165) is 5.57 Å². The lowest BCUT2D eigenvalue weighted by Crippen LogP contribution is -2.66. The van der Waals surface area contributed by atoms with Gasteiger partial charge in [-0.15, -0.1) is 0 Å². The number of hydrogen-bond donors (Lipinski definition) is 6. The SMILES string of the molecule is CC(C)C1=CC(=O)C(C)(C2C(O)CC3(C)C4CC=C5C(CC(OC6OC(CO)C(O)C(O)C6O)C(O)C5(C)C)C4(C)C(=O)CC23C)O1. The first-order chi connectivity index (χ1) is 21.7. The van der Waals surface area contributed by atoms with Crippen molar-refractivity contribution in [3.63, 3.8) is 0 Å². The van der Waals surface area contributed by atoms with Crippen molar-refractivity contribution in [1.82, 2.24) is 0 Å². The second-order valence-corrected chi connectivity index (χ2v) is 17.0. The number of aliphatic hydroxyl groups excluding tert-OH is 6. The van der Waals surface area contributed by atoms with Crippen LogP contribution in [0, 0.1) is 45.3 Å². The third-order valence-corrected chi connectivity index (χ3v) is 14.0. The smallest absolute Gasteiger partial charge is 0.202 e. The number of carbonyl (C=O) groups is 2. The fourth-order valence-electron chi connectivity index (χ4n) is 11.1. The Kier molecular flexibility index (Phi) is 8.34. The molecule has 11 nitrogen and oxygen atoms in total. The summed E-state index contributed by atoms with van der Waals surface area (Å²) < 4.78 is 18.2. The van der Waals surface area contributed by atoms with E-state index in [4.69, 9.17) is 14.2 Å². The maximum atomic E-state index is 14.8. The van der Waals surface area contributed by atoms with Gasteiger partial charge in [0.2, 0.25) is 5.78 Å². The van der Waals surface area contributed by atoms with Gasteiger partial charge in [-0.25, -0.2) is 0 Å². The number of allylic oxidation sites excluding steroid dienone is 2. The summed E-state index contributed by atoms with van der Waals surface area (Å²) in [6.45, 7) is 15.1.